The van der Waals surface area contributed by atoms with E-state index < -0.39 is 27.7 Å². The Morgan fingerprint density at radius 3 is 2.53 bits per heavy atom. The molecule has 3 heterocycles. The van der Waals surface area contributed by atoms with Gasteiger partial charge in [0.2, 0.25) is 10.0 Å². The van der Waals surface area contributed by atoms with Crippen LogP contribution in [-0.2, 0) is 14.8 Å². The van der Waals surface area contributed by atoms with Gasteiger partial charge in [-0.25, -0.2) is 13.2 Å². The molecule has 2 aliphatic rings. The van der Waals surface area contributed by atoms with Crippen molar-refractivity contribution in [3.63, 3.8) is 0 Å². The number of carbonyl (C=O) groups is 2. The van der Waals surface area contributed by atoms with Gasteiger partial charge in [-0.15, -0.1) is 0 Å². The monoisotopic (exact) mass is 483 g/mol. The number of hydrogen-bond acceptors (Lipinski definition) is 7. The smallest absolute Gasteiger partial charge is 0.349 e. The van der Waals surface area contributed by atoms with Crippen LogP contribution in [0.5, 0.6) is 5.75 Å². The van der Waals surface area contributed by atoms with E-state index in [1.807, 2.05) is 0 Å². The summed E-state index contributed by atoms with van der Waals surface area (Å²) in [5, 5.41) is 3.27. The highest BCUT2D eigenvalue weighted by Crippen LogP contribution is 2.33. The second-order valence-corrected chi connectivity index (χ2v) is 10.0. The Labute approximate surface area is 194 Å². The number of amides is 2. The fraction of sp³-hybridized carbons (Fsp3) is 0.261. The molecular weight excluding hydrogens is 462 g/mol. The average Bonchev–Trinajstić information content (AvgIpc) is 2.83. The Morgan fingerprint density at radius 2 is 1.76 bits per heavy atom. The number of hydrogen-bond donors (Lipinski definition) is 1. The van der Waals surface area contributed by atoms with Crippen molar-refractivity contribution in [1.82, 2.24) is 9.21 Å². The van der Waals surface area contributed by atoms with Gasteiger partial charge in [-0.05, 0) is 37.3 Å². The van der Waals surface area contributed by atoms with E-state index in [-0.39, 0.29) is 42.5 Å². The van der Waals surface area contributed by atoms with Crippen molar-refractivity contribution < 1.29 is 27.2 Å². The zero-order valence-corrected chi connectivity index (χ0v) is 19.0. The SMILES string of the molecule is CC1Oc2ccc(S(=O)(=O)N3CCN(C(=O)c4cc5ccccc5oc4=O)CC3)cc2NC1=O. The fourth-order valence-electron chi connectivity index (χ4n) is 4.01. The predicted molar refractivity (Wildman–Crippen MR) is 122 cm³/mol. The molecule has 11 heteroatoms. The molecule has 2 amide bonds. The molecule has 0 bridgehead atoms. The highest BCUT2D eigenvalue weighted by Gasteiger charge is 2.33. The Kier molecular flexibility index (Phi) is 5.37. The molecule has 0 radical (unpaired) electrons. The van der Waals surface area contributed by atoms with Gasteiger partial charge in [0.25, 0.3) is 11.8 Å². The summed E-state index contributed by atoms with van der Waals surface area (Å²) in [6.45, 7) is 1.96. The summed E-state index contributed by atoms with van der Waals surface area (Å²) in [6.07, 6.45) is -0.661. The van der Waals surface area contributed by atoms with Gasteiger partial charge in [0, 0.05) is 31.6 Å². The van der Waals surface area contributed by atoms with Gasteiger partial charge in [-0.2, -0.15) is 4.31 Å². The summed E-state index contributed by atoms with van der Waals surface area (Å²) in [5.74, 6) is -0.456. The predicted octanol–water partition coefficient (Wildman–Crippen LogP) is 1.66. The molecule has 1 fully saturated rings. The molecule has 0 spiro atoms. The molecule has 2 aliphatic heterocycles. The first-order chi connectivity index (χ1) is 16.2. The van der Waals surface area contributed by atoms with Crippen LogP contribution in [0.2, 0.25) is 0 Å². The molecule has 34 heavy (non-hydrogen) atoms. The molecule has 1 atom stereocenters. The molecule has 1 N–H and O–H groups in total. The number of sulfonamides is 1. The molecule has 1 aromatic heterocycles. The summed E-state index contributed by atoms with van der Waals surface area (Å²) in [6, 6.07) is 12.7. The van der Waals surface area contributed by atoms with Gasteiger partial charge in [-0.3, -0.25) is 9.59 Å². The Hall–Kier alpha value is -3.70. The minimum atomic E-state index is -3.87. The third-order valence-corrected chi connectivity index (χ3v) is 7.81. The van der Waals surface area contributed by atoms with E-state index in [1.54, 1.807) is 31.2 Å². The number of anilines is 1. The van der Waals surface area contributed by atoms with E-state index in [4.69, 9.17) is 9.15 Å². The number of ether oxygens (including phenoxy) is 1. The van der Waals surface area contributed by atoms with Crippen molar-refractivity contribution in [2.75, 3.05) is 31.5 Å². The number of nitrogens with zero attached hydrogens (tertiary/aromatic N) is 2. The average molecular weight is 484 g/mol. The van der Waals surface area contributed by atoms with Crippen LogP contribution >= 0.6 is 0 Å². The number of nitrogens with one attached hydrogen (secondary N) is 1. The van der Waals surface area contributed by atoms with Crippen LogP contribution in [0.4, 0.5) is 5.69 Å². The number of para-hydroxylation sites is 1. The van der Waals surface area contributed by atoms with E-state index >= 15 is 0 Å². The maximum Gasteiger partial charge on any atom is 0.349 e. The standard InChI is InChI=1S/C23H21N3O7S/c1-14-21(27)24-18-13-16(6-7-20(18)32-14)34(30,31)26-10-8-25(9-11-26)22(28)17-12-15-4-2-3-5-19(15)33-23(17)29/h2-7,12-14H,8-11H2,1H3,(H,24,27). The van der Waals surface area contributed by atoms with Crippen molar-refractivity contribution in [3.05, 3.63) is 64.5 Å². The first-order valence-corrected chi connectivity index (χ1v) is 12.1. The lowest BCUT2D eigenvalue weighted by Gasteiger charge is -2.34. The first-order valence-electron chi connectivity index (χ1n) is 10.7. The maximum atomic E-state index is 13.2. The number of fused-ring (bicyclic) bond motifs is 2. The first kappa shape index (κ1) is 22.1. The van der Waals surface area contributed by atoms with Crippen LogP contribution in [0.1, 0.15) is 17.3 Å². The van der Waals surface area contributed by atoms with Crippen molar-refractivity contribution in [1.29, 1.82) is 0 Å². The van der Waals surface area contributed by atoms with E-state index in [2.05, 4.69) is 5.32 Å². The van der Waals surface area contributed by atoms with Crippen molar-refractivity contribution in [3.8, 4) is 5.75 Å². The molecule has 2 aromatic carbocycles. The third-order valence-electron chi connectivity index (χ3n) is 5.92. The van der Waals surface area contributed by atoms with Gasteiger partial charge in [0.1, 0.15) is 16.9 Å². The number of rotatable bonds is 3. The quantitative estimate of drug-likeness (QED) is 0.562. The van der Waals surface area contributed by atoms with Crippen LogP contribution < -0.4 is 15.7 Å². The van der Waals surface area contributed by atoms with Crippen LogP contribution in [0, 0.1) is 0 Å². The molecule has 10 nitrogen and oxygen atoms in total. The zero-order chi connectivity index (χ0) is 24.0. The number of piperazine rings is 1. The molecule has 1 saturated heterocycles. The minimum absolute atomic E-state index is 0.0136. The van der Waals surface area contributed by atoms with Crippen molar-refractivity contribution >= 4 is 38.5 Å². The van der Waals surface area contributed by atoms with Crippen LogP contribution in [-0.4, -0.2) is 61.7 Å². The number of benzene rings is 2. The largest absolute Gasteiger partial charge is 0.479 e. The summed E-state index contributed by atoms with van der Waals surface area (Å²) < 4.78 is 38.3. The minimum Gasteiger partial charge on any atom is -0.479 e. The van der Waals surface area contributed by atoms with Crippen molar-refractivity contribution in [2.24, 2.45) is 0 Å². The summed E-state index contributed by atoms with van der Waals surface area (Å²) in [4.78, 5) is 38.6. The van der Waals surface area contributed by atoms with Gasteiger partial charge < -0.3 is 19.4 Å². The number of carbonyl (C=O) groups excluding carboxylic acids is 2. The van der Waals surface area contributed by atoms with Gasteiger partial charge in [-0.1, -0.05) is 18.2 Å². The maximum absolute atomic E-state index is 13.2. The highest BCUT2D eigenvalue weighted by atomic mass is 32.2. The van der Waals surface area contributed by atoms with Crippen LogP contribution in [0.25, 0.3) is 11.0 Å². The van der Waals surface area contributed by atoms with Crippen LogP contribution in [0.3, 0.4) is 0 Å². The summed E-state index contributed by atoms with van der Waals surface area (Å²) in [7, 11) is -3.87. The van der Waals surface area contributed by atoms with Crippen LogP contribution in [0.15, 0.2) is 62.6 Å². The third kappa shape index (κ3) is 3.82. The summed E-state index contributed by atoms with van der Waals surface area (Å²) in [5.41, 5.74) is -0.136. The van der Waals surface area contributed by atoms with Gasteiger partial charge in [0.15, 0.2) is 6.10 Å². The van der Waals surface area contributed by atoms with Gasteiger partial charge >= 0.3 is 5.63 Å². The normalized spacial score (nSPS) is 18.8. The topological polar surface area (TPSA) is 126 Å². The van der Waals surface area contributed by atoms with E-state index in [9.17, 15) is 22.8 Å². The molecular formula is C23H21N3O7S. The zero-order valence-electron chi connectivity index (χ0n) is 18.2. The summed E-state index contributed by atoms with van der Waals surface area (Å²) >= 11 is 0. The highest BCUT2D eigenvalue weighted by molar-refractivity contribution is 7.89. The van der Waals surface area contributed by atoms with E-state index in [1.165, 1.54) is 33.5 Å². The van der Waals surface area contributed by atoms with Gasteiger partial charge in [0.05, 0.1) is 10.6 Å². The molecule has 1 unspecified atom stereocenters. The second kappa shape index (κ2) is 8.26. The fourth-order valence-corrected chi connectivity index (χ4v) is 5.46. The molecule has 0 saturated carbocycles. The molecule has 0 aliphatic carbocycles. The van der Waals surface area contributed by atoms with E-state index in [0.29, 0.717) is 22.4 Å². The lowest BCUT2D eigenvalue weighted by Crippen LogP contribution is -2.51. The lowest BCUT2D eigenvalue weighted by atomic mass is 10.1. The van der Waals surface area contributed by atoms with E-state index in [0.717, 1.165) is 0 Å². The van der Waals surface area contributed by atoms with Crippen molar-refractivity contribution in [2.45, 2.75) is 17.9 Å². The Balaban J connectivity index is 1.32. The Bertz CT molecular complexity index is 1470. The second-order valence-electron chi connectivity index (χ2n) is 8.09. The molecule has 5 rings (SSSR count). The molecule has 3 aromatic rings. The Morgan fingerprint density at radius 1 is 1.03 bits per heavy atom. The molecule has 176 valence electrons. The lowest BCUT2D eigenvalue weighted by molar-refractivity contribution is -0.122.